The lowest BCUT2D eigenvalue weighted by Crippen LogP contribution is -2.17. The molecule has 1 nitrogen and oxygen atoms in total. The zero-order valence-electron chi connectivity index (χ0n) is 7.42. The molecule has 0 spiro atoms. The zero-order valence-corrected chi connectivity index (χ0v) is 8.99. The van der Waals surface area contributed by atoms with Crippen LogP contribution in [0.1, 0.15) is 40.2 Å². The fourth-order valence-electron chi connectivity index (χ4n) is 1.81. The predicted octanol–water partition coefficient (Wildman–Crippen LogP) is 3.64. The highest BCUT2D eigenvalue weighted by molar-refractivity contribution is 7.15. The van der Waals surface area contributed by atoms with E-state index in [4.69, 9.17) is 11.6 Å². The first kappa shape index (κ1) is 9.22. The van der Waals surface area contributed by atoms with Crippen LogP contribution in [0.15, 0.2) is 12.1 Å². The minimum Gasteiger partial charge on any atom is -0.275 e. The third kappa shape index (κ3) is 1.79. The standard InChI is InChI=1S/C10H11ClOS/c1-6-4-7(5-6)8-2-3-9(13-8)10(11)12/h2-3,6-7H,4-5H2,1H3. The van der Waals surface area contributed by atoms with E-state index in [1.165, 1.54) is 17.7 Å². The van der Waals surface area contributed by atoms with Crippen molar-refractivity contribution in [3.63, 3.8) is 0 Å². The van der Waals surface area contributed by atoms with Gasteiger partial charge >= 0.3 is 0 Å². The van der Waals surface area contributed by atoms with E-state index in [1.54, 1.807) is 11.3 Å². The Bertz CT molecular complexity index is 325. The summed E-state index contributed by atoms with van der Waals surface area (Å²) in [6, 6.07) is 3.87. The summed E-state index contributed by atoms with van der Waals surface area (Å²) in [4.78, 5) is 12.8. The van der Waals surface area contributed by atoms with Gasteiger partial charge in [0.15, 0.2) is 0 Å². The second-order valence-electron chi connectivity index (χ2n) is 3.75. The molecule has 1 aromatic heterocycles. The normalized spacial score (nSPS) is 26.9. The second-order valence-corrected chi connectivity index (χ2v) is 5.21. The van der Waals surface area contributed by atoms with Crippen molar-refractivity contribution in [1.82, 2.24) is 0 Å². The molecule has 1 aliphatic rings. The largest absolute Gasteiger partial charge is 0.275 e. The van der Waals surface area contributed by atoms with Gasteiger partial charge in [-0.2, -0.15) is 0 Å². The van der Waals surface area contributed by atoms with Gasteiger partial charge in [-0.3, -0.25) is 4.79 Å². The van der Waals surface area contributed by atoms with E-state index in [1.807, 2.05) is 12.1 Å². The molecular formula is C10H11ClOS. The first-order chi connectivity index (χ1) is 6.16. The van der Waals surface area contributed by atoms with Crippen LogP contribution in [0.4, 0.5) is 0 Å². The third-order valence-electron chi connectivity index (χ3n) is 2.60. The van der Waals surface area contributed by atoms with Crippen molar-refractivity contribution in [2.75, 3.05) is 0 Å². The van der Waals surface area contributed by atoms with Gasteiger partial charge in [-0.1, -0.05) is 6.92 Å². The van der Waals surface area contributed by atoms with Crippen molar-refractivity contribution in [1.29, 1.82) is 0 Å². The van der Waals surface area contributed by atoms with Crippen molar-refractivity contribution in [3.05, 3.63) is 21.9 Å². The maximum atomic E-state index is 10.8. The fraction of sp³-hybridized carbons (Fsp3) is 0.500. The molecule has 1 fully saturated rings. The molecule has 2 rings (SSSR count). The van der Waals surface area contributed by atoms with Crippen LogP contribution in [0, 0.1) is 5.92 Å². The van der Waals surface area contributed by atoms with Crippen LogP contribution in [-0.4, -0.2) is 5.24 Å². The Hall–Kier alpha value is -0.340. The summed E-state index contributed by atoms with van der Waals surface area (Å²) in [7, 11) is 0. The van der Waals surface area contributed by atoms with Gasteiger partial charge in [-0.05, 0) is 48.4 Å². The SMILES string of the molecule is CC1CC(c2ccc(C(=O)Cl)s2)C1. The summed E-state index contributed by atoms with van der Waals surface area (Å²) in [6.45, 7) is 2.26. The van der Waals surface area contributed by atoms with Gasteiger partial charge in [0.1, 0.15) is 0 Å². The van der Waals surface area contributed by atoms with E-state index in [2.05, 4.69) is 6.92 Å². The average molecular weight is 215 g/mol. The van der Waals surface area contributed by atoms with Crippen LogP contribution in [0.2, 0.25) is 0 Å². The number of hydrogen-bond donors (Lipinski definition) is 0. The minimum atomic E-state index is -0.330. The highest BCUT2D eigenvalue weighted by Crippen LogP contribution is 2.43. The van der Waals surface area contributed by atoms with E-state index in [-0.39, 0.29) is 5.24 Å². The van der Waals surface area contributed by atoms with Crippen LogP contribution < -0.4 is 0 Å². The molecule has 0 atom stereocenters. The van der Waals surface area contributed by atoms with E-state index < -0.39 is 0 Å². The second kappa shape index (κ2) is 3.43. The van der Waals surface area contributed by atoms with Crippen LogP contribution >= 0.6 is 22.9 Å². The predicted molar refractivity (Wildman–Crippen MR) is 55.6 cm³/mol. The molecule has 1 saturated carbocycles. The van der Waals surface area contributed by atoms with Gasteiger partial charge in [0, 0.05) is 4.88 Å². The summed E-state index contributed by atoms with van der Waals surface area (Å²) >= 11 is 6.93. The molecule has 0 unspecified atom stereocenters. The number of rotatable bonds is 2. The summed E-state index contributed by atoms with van der Waals surface area (Å²) in [5.74, 6) is 1.53. The minimum absolute atomic E-state index is 0.330. The molecule has 0 aromatic carbocycles. The highest BCUT2D eigenvalue weighted by Gasteiger charge is 2.28. The lowest BCUT2D eigenvalue weighted by atomic mass is 9.75. The summed E-state index contributed by atoms with van der Waals surface area (Å²) in [5, 5.41) is -0.330. The molecular weight excluding hydrogens is 204 g/mol. The molecule has 3 heteroatoms. The maximum Gasteiger partial charge on any atom is 0.262 e. The quantitative estimate of drug-likeness (QED) is 0.687. The van der Waals surface area contributed by atoms with E-state index >= 15 is 0 Å². The first-order valence-electron chi connectivity index (χ1n) is 4.46. The monoisotopic (exact) mass is 214 g/mol. The zero-order chi connectivity index (χ0) is 9.42. The van der Waals surface area contributed by atoms with E-state index in [9.17, 15) is 4.79 Å². The number of hydrogen-bond acceptors (Lipinski definition) is 2. The molecule has 0 bridgehead atoms. The van der Waals surface area contributed by atoms with E-state index in [0.717, 1.165) is 5.92 Å². The first-order valence-corrected chi connectivity index (χ1v) is 5.66. The smallest absolute Gasteiger partial charge is 0.262 e. The molecule has 1 aliphatic carbocycles. The van der Waals surface area contributed by atoms with Crippen molar-refractivity contribution in [3.8, 4) is 0 Å². The molecule has 0 N–H and O–H groups in total. The fourth-order valence-corrected chi connectivity index (χ4v) is 2.96. The van der Waals surface area contributed by atoms with Crippen LogP contribution in [0.5, 0.6) is 0 Å². The summed E-state index contributed by atoms with van der Waals surface area (Å²) < 4.78 is 0. The number of carbonyl (C=O) groups is 1. The topological polar surface area (TPSA) is 17.1 Å². The number of halogens is 1. The molecule has 13 heavy (non-hydrogen) atoms. The van der Waals surface area contributed by atoms with Gasteiger partial charge in [-0.15, -0.1) is 11.3 Å². The average Bonchev–Trinajstić information content (AvgIpc) is 2.46. The van der Waals surface area contributed by atoms with Gasteiger partial charge in [-0.25, -0.2) is 0 Å². The van der Waals surface area contributed by atoms with Gasteiger partial charge < -0.3 is 0 Å². The van der Waals surface area contributed by atoms with Crippen molar-refractivity contribution >= 4 is 28.2 Å². The lowest BCUT2D eigenvalue weighted by molar-refractivity contribution is 0.108. The lowest BCUT2D eigenvalue weighted by Gasteiger charge is -2.31. The Labute approximate surface area is 86.7 Å². The Balaban J connectivity index is 2.10. The third-order valence-corrected chi connectivity index (χ3v) is 4.16. The summed E-state index contributed by atoms with van der Waals surface area (Å²) in [6.07, 6.45) is 2.52. The van der Waals surface area contributed by atoms with Crippen molar-refractivity contribution in [2.45, 2.75) is 25.7 Å². The van der Waals surface area contributed by atoms with Crippen molar-refractivity contribution < 1.29 is 4.79 Å². The summed E-state index contributed by atoms with van der Waals surface area (Å²) in [5.41, 5.74) is 0. The van der Waals surface area contributed by atoms with Crippen LogP contribution in [0.3, 0.4) is 0 Å². The van der Waals surface area contributed by atoms with Crippen molar-refractivity contribution in [2.24, 2.45) is 5.92 Å². The molecule has 70 valence electrons. The van der Waals surface area contributed by atoms with Gasteiger partial charge in [0.25, 0.3) is 5.24 Å². The molecule has 0 radical (unpaired) electrons. The highest BCUT2D eigenvalue weighted by atomic mass is 35.5. The van der Waals surface area contributed by atoms with Crippen LogP contribution in [0.25, 0.3) is 0 Å². The van der Waals surface area contributed by atoms with E-state index in [0.29, 0.717) is 10.8 Å². The number of thiophene rings is 1. The maximum absolute atomic E-state index is 10.8. The Kier molecular flexibility index (Phi) is 2.43. The van der Waals surface area contributed by atoms with Gasteiger partial charge in [0.2, 0.25) is 0 Å². The Morgan fingerprint density at radius 2 is 2.23 bits per heavy atom. The Morgan fingerprint density at radius 1 is 1.54 bits per heavy atom. The molecule has 1 aromatic rings. The molecule has 0 aliphatic heterocycles. The Morgan fingerprint density at radius 3 is 2.69 bits per heavy atom. The molecule has 0 saturated heterocycles. The molecule has 1 heterocycles. The van der Waals surface area contributed by atoms with Gasteiger partial charge in [0.05, 0.1) is 4.88 Å². The van der Waals surface area contributed by atoms with Crippen LogP contribution in [-0.2, 0) is 0 Å². The number of carbonyl (C=O) groups excluding carboxylic acids is 1. The molecule has 0 amide bonds.